The van der Waals surface area contributed by atoms with Crippen molar-refractivity contribution in [3.8, 4) is 0 Å². The molecule has 1 saturated heterocycles. The Hall–Kier alpha value is -1.02. The summed E-state index contributed by atoms with van der Waals surface area (Å²) >= 11 is 0. The average molecular weight is 219 g/mol. The number of hydrogen-bond donors (Lipinski definition) is 1. The summed E-state index contributed by atoms with van der Waals surface area (Å²) < 4.78 is 5.78. The van der Waals surface area contributed by atoms with Gasteiger partial charge < -0.3 is 10.1 Å². The maximum atomic E-state index is 5.78. The van der Waals surface area contributed by atoms with E-state index in [1.807, 2.05) is 0 Å². The first kappa shape index (κ1) is 11.5. The zero-order valence-electron chi connectivity index (χ0n) is 10.4. The summed E-state index contributed by atoms with van der Waals surface area (Å²) in [6.45, 7) is 7.34. The smallest absolute Gasteiger partial charge is 0.0751 e. The normalized spacial score (nSPS) is 24.7. The lowest BCUT2D eigenvalue weighted by Crippen LogP contribution is -2.19. The number of ether oxygens (including phenoxy) is 1. The predicted molar refractivity (Wildman–Crippen MR) is 68.0 cm³/mol. The summed E-state index contributed by atoms with van der Waals surface area (Å²) in [5, 5.41) is 3.46. The number of anilines is 1. The molecule has 0 aliphatic carbocycles. The van der Waals surface area contributed by atoms with Gasteiger partial charge in [-0.15, -0.1) is 0 Å². The van der Waals surface area contributed by atoms with Crippen molar-refractivity contribution in [3.63, 3.8) is 0 Å². The summed E-state index contributed by atoms with van der Waals surface area (Å²) in [5.41, 5.74) is 3.83. The molecule has 2 heteroatoms. The largest absolute Gasteiger partial charge is 0.382 e. The van der Waals surface area contributed by atoms with Crippen molar-refractivity contribution >= 4 is 5.69 Å². The second-order valence-electron chi connectivity index (χ2n) is 4.90. The van der Waals surface area contributed by atoms with Crippen LogP contribution >= 0.6 is 0 Å². The van der Waals surface area contributed by atoms with Crippen molar-refractivity contribution < 1.29 is 4.74 Å². The molecule has 0 bridgehead atoms. The lowest BCUT2D eigenvalue weighted by molar-refractivity contribution is 0.0637. The third kappa shape index (κ3) is 2.99. The van der Waals surface area contributed by atoms with Gasteiger partial charge in [-0.2, -0.15) is 0 Å². The van der Waals surface area contributed by atoms with E-state index in [2.05, 4.69) is 44.3 Å². The topological polar surface area (TPSA) is 21.3 Å². The van der Waals surface area contributed by atoms with Crippen molar-refractivity contribution in [2.45, 2.75) is 45.8 Å². The van der Waals surface area contributed by atoms with E-state index in [9.17, 15) is 0 Å². The van der Waals surface area contributed by atoms with Crippen LogP contribution in [0, 0.1) is 13.8 Å². The minimum absolute atomic E-state index is 0.385. The number of benzene rings is 1. The number of nitrogens with one attached hydrogen (secondary N) is 1. The van der Waals surface area contributed by atoms with Crippen LogP contribution in [0.5, 0.6) is 0 Å². The molecule has 2 rings (SSSR count). The first-order chi connectivity index (χ1) is 7.63. The van der Waals surface area contributed by atoms with Gasteiger partial charge >= 0.3 is 0 Å². The Morgan fingerprint density at radius 3 is 2.44 bits per heavy atom. The summed E-state index contributed by atoms with van der Waals surface area (Å²) in [6.07, 6.45) is 3.19. The molecule has 88 valence electrons. The third-order valence-electron chi connectivity index (χ3n) is 3.08. The molecule has 1 N–H and O–H groups in total. The van der Waals surface area contributed by atoms with Crippen LogP contribution in [0.4, 0.5) is 5.69 Å². The van der Waals surface area contributed by atoms with Crippen LogP contribution in [0.25, 0.3) is 0 Å². The predicted octanol–water partition coefficient (Wildman–Crippen LogP) is 3.28. The van der Waals surface area contributed by atoms with E-state index in [1.165, 1.54) is 29.7 Å². The van der Waals surface area contributed by atoms with E-state index in [-0.39, 0.29) is 0 Å². The average Bonchev–Trinajstić information content (AvgIpc) is 2.60. The first-order valence-corrected chi connectivity index (χ1v) is 6.11. The second kappa shape index (κ2) is 4.88. The Morgan fingerprint density at radius 1 is 1.19 bits per heavy atom. The molecule has 0 saturated carbocycles. The van der Waals surface area contributed by atoms with E-state index in [1.54, 1.807) is 0 Å². The second-order valence-corrected chi connectivity index (χ2v) is 4.90. The van der Waals surface area contributed by atoms with E-state index >= 15 is 0 Å². The van der Waals surface area contributed by atoms with Crippen LogP contribution in [0.2, 0.25) is 0 Å². The minimum Gasteiger partial charge on any atom is -0.382 e. The molecule has 1 fully saturated rings. The maximum Gasteiger partial charge on any atom is 0.0751 e. The van der Waals surface area contributed by atoms with Gasteiger partial charge in [0.15, 0.2) is 0 Å². The fourth-order valence-corrected chi connectivity index (χ4v) is 2.34. The highest BCUT2D eigenvalue weighted by Gasteiger charge is 2.21. The quantitative estimate of drug-likeness (QED) is 0.842. The molecule has 2 atom stereocenters. The van der Waals surface area contributed by atoms with Crippen molar-refractivity contribution in [2.24, 2.45) is 0 Å². The fraction of sp³-hybridized carbons (Fsp3) is 0.571. The molecule has 0 radical (unpaired) electrons. The van der Waals surface area contributed by atoms with Gasteiger partial charge in [-0.05, 0) is 56.9 Å². The number of aryl methyl sites for hydroxylation is 2. The van der Waals surface area contributed by atoms with Crippen LogP contribution in [0.3, 0.4) is 0 Å². The molecular formula is C14H21NO. The Bertz CT molecular complexity index is 342. The summed E-state index contributed by atoms with van der Waals surface area (Å²) in [5.74, 6) is 0. The van der Waals surface area contributed by atoms with Crippen LogP contribution in [-0.4, -0.2) is 18.8 Å². The zero-order valence-corrected chi connectivity index (χ0v) is 10.4. The maximum absolute atomic E-state index is 5.78. The molecule has 0 spiro atoms. The van der Waals surface area contributed by atoms with Gasteiger partial charge in [-0.1, -0.05) is 6.07 Å². The Balaban J connectivity index is 1.89. The van der Waals surface area contributed by atoms with Crippen LogP contribution in [0.15, 0.2) is 18.2 Å². The van der Waals surface area contributed by atoms with Crippen molar-refractivity contribution in [1.82, 2.24) is 0 Å². The van der Waals surface area contributed by atoms with Crippen molar-refractivity contribution in [1.29, 1.82) is 0 Å². The lowest BCUT2D eigenvalue weighted by Gasteiger charge is -2.14. The fourth-order valence-electron chi connectivity index (χ4n) is 2.34. The molecule has 0 amide bonds. The molecule has 1 heterocycles. The van der Waals surface area contributed by atoms with Crippen molar-refractivity contribution in [2.75, 3.05) is 11.9 Å². The highest BCUT2D eigenvalue weighted by atomic mass is 16.5. The van der Waals surface area contributed by atoms with E-state index < -0.39 is 0 Å². The third-order valence-corrected chi connectivity index (χ3v) is 3.08. The zero-order chi connectivity index (χ0) is 11.5. The highest BCUT2D eigenvalue weighted by Crippen LogP contribution is 2.20. The van der Waals surface area contributed by atoms with Gasteiger partial charge in [0.25, 0.3) is 0 Å². The monoisotopic (exact) mass is 219 g/mol. The van der Waals surface area contributed by atoms with Crippen LogP contribution in [-0.2, 0) is 4.74 Å². The van der Waals surface area contributed by atoms with Gasteiger partial charge in [0, 0.05) is 12.2 Å². The van der Waals surface area contributed by atoms with Gasteiger partial charge in [0.05, 0.1) is 12.2 Å². The molecular weight excluding hydrogens is 198 g/mol. The molecule has 1 aromatic carbocycles. The Kier molecular flexibility index (Phi) is 3.49. The van der Waals surface area contributed by atoms with Crippen LogP contribution < -0.4 is 5.32 Å². The Labute approximate surface area is 98.0 Å². The minimum atomic E-state index is 0.385. The van der Waals surface area contributed by atoms with E-state index in [0.717, 1.165) is 6.54 Å². The van der Waals surface area contributed by atoms with E-state index in [0.29, 0.717) is 12.2 Å². The first-order valence-electron chi connectivity index (χ1n) is 6.11. The van der Waals surface area contributed by atoms with Crippen molar-refractivity contribution in [3.05, 3.63) is 29.3 Å². The molecule has 1 aliphatic heterocycles. The standard InChI is InChI=1S/C14H21NO/c1-10-6-11(2)8-13(7-10)15-9-14-5-4-12(3)16-14/h6-8,12,14-15H,4-5,9H2,1-3H3. The van der Waals surface area contributed by atoms with Gasteiger partial charge in [-0.3, -0.25) is 0 Å². The molecule has 1 aliphatic rings. The SMILES string of the molecule is Cc1cc(C)cc(NCC2CCC(C)O2)c1. The van der Waals surface area contributed by atoms with Gasteiger partial charge in [0.1, 0.15) is 0 Å². The summed E-state index contributed by atoms with van der Waals surface area (Å²) in [7, 11) is 0. The van der Waals surface area contributed by atoms with Gasteiger partial charge in [-0.25, -0.2) is 0 Å². The molecule has 0 aromatic heterocycles. The highest BCUT2D eigenvalue weighted by molar-refractivity contribution is 5.48. The van der Waals surface area contributed by atoms with Crippen LogP contribution in [0.1, 0.15) is 30.9 Å². The summed E-state index contributed by atoms with van der Waals surface area (Å²) in [6, 6.07) is 6.57. The number of rotatable bonds is 3. The molecule has 2 unspecified atom stereocenters. The van der Waals surface area contributed by atoms with Gasteiger partial charge in [0.2, 0.25) is 0 Å². The lowest BCUT2D eigenvalue weighted by atomic mass is 10.1. The molecule has 2 nitrogen and oxygen atoms in total. The van der Waals surface area contributed by atoms with E-state index in [4.69, 9.17) is 4.74 Å². The molecule has 1 aromatic rings. The summed E-state index contributed by atoms with van der Waals surface area (Å²) in [4.78, 5) is 0. The molecule has 16 heavy (non-hydrogen) atoms. The number of hydrogen-bond acceptors (Lipinski definition) is 2. The Morgan fingerprint density at radius 2 is 1.88 bits per heavy atom.